The minimum atomic E-state index is -3.30. The molecular weight excluding hydrogens is 278 g/mol. The lowest BCUT2D eigenvalue weighted by molar-refractivity contribution is -0.125. The lowest BCUT2D eigenvalue weighted by Gasteiger charge is -2.23. The van der Waals surface area contributed by atoms with Gasteiger partial charge in [0.25, 0.3) is 0 Å². The highest BCUT2D eigenvalue weighted by atomic mass is 32.2. The van der Waals surface area contributed by atoms with Gasteiger partial charge in [-0.2, -0.15) is 0 Å². The van der Waals surface area contributed by atoms with Gasteiger partial charge in [0.2, 0.25) is 15.9 Å². The number of amides is 1. The zero-order valence-corrected chi connectivity index (χ0v) is 12.8. The first-order chi connectivity index (χ1) is 9.37. The van der Waals surface area contributed by atoms with Crippen molar-refractivity contribution in [2.75, 3.05) is 33.4 Å². The van der Waals surface area contributed by atoms with E-state index in [2.05, 4.69) is 10.0 Å². The molecule has 6 nitrogen and oxygen atoms in total. The van der Waals surface area contributed by atoms with Crippen molar-refractivity contribution in [1.82, 2.24) is 14.9 Å². The van der Waals surface area contributed by atoms with E-state index >= 15 is 0 Å². The molecule has 1 unspecified atom stereocenters. The third-order valence-corrected chi connectivity index (χ3v) is 4.22. The maximum Gasteiger partial charge on any atom is 0.241 e. The van der Waals surface area contributed by atoms with Crippen LogP contribution in [0.2, 0.25) is 0 Å². The van der Waals surface area contributed by atoms with E-state index in [0.717, 1.165) is 5.56 Å². The number of hydrogen-bond donors (Lipinski definition) is 2. The average Bonchev–Trinajstić information content (AvgIpc) is 2.39. The second kappa shape index (κ2) is 7.37. The van der Waals surface area contributed by atoms with Crippen LogP contribution in [0.1, 0.15) is 11.6 Å². The molecule has 0 saturated carbocycles. The van der Waals surface area contributed by atoms with E-state index in [1.807, 2.05) is 44.4 Å². The normalized spacial score (nSPS) is 13.2. The first-order valence-electron chi connectivity index (χ1n) is 6.27. The fourth-order valence-corrected chi connectivity index (χ4v) is 2.40. The first-order valence-corrected chi connectivity index (χ1v) is 7.93. The molecule has 0 aromatic heterocycles. The van der Waals surface area contributed by atoms with Crippen LogP contribution in [0.3, 0.4) is 0 Å². The van der Waals surface area contributed by atoms with Gasteiger partial charge in [0, 0.05) is 6.54 Å². The highest BCUT2D eigenvalue weighted by molar-refractivity contribution is 7.89. The van der Waals surface area contributed by atoms with Gasteiger partial charge in [0.15, 0.2) is 0 Å². The van der Waals surface area contributed by atoms with Crippen molar-refractivity contribution >= 4 is 15.9 Å². The van der Waals surface area contributed by atoms with Gasteiger partial charge in [-0.3, -0.25) is 9.69 Å². The lowest BCUT2D eigenvalue weighted by Crippen LogP contribution is -2.40. The quantitative estimate of drug-likeness (QED) is 0.740. The smallest absolute Gasteiger partial charge is 0.241 e. The van der Waals surface area contributed by atoms with Gasteiger partial charge < -0.3 is 5.32 Å². The molecule has 1 aromatic carbocycles. The monoisotopic (exact) mass is 299 g/mol. The number of carbonyl (C=O) groups is 1. The van der Waals surface area contributed by atoms with Gasteiger partial charge in [0.1, 0.15) is 6.04 Å². The molecule has 0 saturated heterocycles. The van der Waals surface area contributed by atoms with Crippen LogP contribution in [-0.4, -0.2) is 52.7 Å². The average molecular weight is 299 g/mol. The second-order valence-corrected chi connectivity index (χ2v) is 6.64. The van der Waals surface area contributed by atoms with E-state index in [4.69, 9.17) is 0 Å². The van der Waals surface area contributed by atoms with Crippen LogP contribution >= 0.6 is 0 Å². The third-order valence-electron chi connectivity index (χ3n) is 2.86. The minimum absolute atomic E-state index is 0.0825. The molecule has 20 heavy (non-hydrogen) atoms. The number of carbonyl (C=O) groups excluding carboxylic acids is 1. The largest absolute Gasteiger partial charge is 0.353 e. The molecule has 1 amide bonds. The summed E-state index contributed by atoms with van der Waals surface area (Å²) in [6.07, 6.45) is 0. The Bertz CT molecular complexity index is 529. The molecule has 0 spiro atoms. The van der Waals surface area contributed by atoms with Gasteiger partial charge in [-0.25, -0.2) is 13.1 Å². The zero-order valence-electron chi connectivity index (χ0n) is 12.0. The van der Waals surface area contributed by atoms with Crippen molar-refractivity contribution in [2.45, 2.75) is 6.04 Å². The first kappa shape index (κ1) is 16.6. The topological polar surface area (TPSA) is 78.5 Å². The van der Waals surface area contributed by atoms with Crippen molar-refractivity contribution in [3.05, 3.63) is 35.9 Å². The molecule has 0 fully saturated rings. The predicted molar refractivity (Wildman–Crippen MR) is 78.7 cm³/mol. The van der Waals surface area contributed by atoms with Crippen molar-refractivity contribution in [1.29, 1.82) is 0 Å². The summed E-state index contributed by atoms with van der Waals surface area (Å²) in [5.74, 6) is -0.350. The highest BCUT2D eigenvalue weighted by Gasteiger charge is 2.22. The Hall–Kier alpha value is -1.44. The Morgan fingerprint density at radius 3 is 2.35 bits per heavy atom. The highest BCUT2D eigenvalue weighted by Crippen LogP contribution is 2.17. The van der Waals surface area contributed by atoms with E-state index < -0.39 is 16.1 Å². The minimum Gasteiger partial charge on any atom is -0.353 e. The zero-order chi connectivity index (χ0) is 15.2. The predicted octanol–water partition coefficient (Wildman–Crippen LogP) is -0.0453. The Morgan fingerprint density at radius 2 is 1.85 bits per heavy atom. The van der Waals surface area contributed by atoms with Gasteiger partial charge in [-0.05, 0) is 26.7 Å². The van der Waals surface area contributed by atoms with E-state index in [9.17, 15) is 13.2 Å². The van der Waals surface area contributed by atoms with E-state index in [0.29, 0.717) is 0 Å². The molecule has 0 aliphatic carbocycles. The van der Waals surface area contributed by atoms with Crippen LogP contribution in [-0.2, 0) is 14.8 Å². The summed E-state index contributed by atoms with van der Waals surface area (Å²) in [6.45, 7) is 0.0825. The molecule has 1 aromatic rings. The third kappa shape index (κ3) is 4.92. The summed E-state index contributed by atoms with van der Waals surface area (Å²) in [5, 5.41) is 2.65. The summed E-state index contributed by atoms with van der Waals surface area (Å²) < 4.78 is 24.8. The summed E-state index contributed by atoms with van der Waals surface area (Å²) in [5.41, 5.74) is 0.867. The van der Waals surface area contributed by atoms with Gasteiger partial charge in [-0.1, -0.05) is 30.3 Å². The number of likely N-dealkylation sites (N-methyl/N-ethyl adjacent to an activating group) is 1. The van der Waals surface area contributed by atoms with E-state index in [1.165, 1.54) is 7.05 Å². The standard InChI is InChI=1S/C13H21N3O3S/c1-14-20(18,19)10-9-15-13(17)12(16(2)3)11-7-5-4-6-8-11/h4-8,12,14H,9-10H2,1-3H3,(H,15,17). The number of hydrogen-bond acceptors (Lipinski definition) is 4. The van der Waals surface area contributed by atoms with Gasteiger partial charge in [-0.15, -0.1) is 0 Å². The summed E-state index contributed by atoms with van der Waals surface area (Å²) in [7, 11) is 1.66. The summed E-state index contributed by atoms with van der Waals surface area (Å²) in [4.78, 5) is 14.0. The van der Waals surface area contributed by atoms with Crippen LogP contribution in [0, 0.1) is 0 Å². The fourth-order valence-electron chi connectivity index (χ4n) is 1.83. The SMILES string of the molecule is CNS(=O)(=O)CCNC(=O)C(c1ccccc1)N(C)C. The number of nitrogens with zero attached hydrogens (tertiary/aromatic N) is 1. The number of rotatable bonds is 7. The Balaban J connectivity index is 2.68. The maximum atomic E-state index is 12.2. The summed E-state index contributed by atoms with van der Waals surface area (Å²) in [6, 6.07) is 8.92. The number of benzene rings is 1. The molecule has 0 heterocycles. The van der Waals surface area contributed by atoms with Crippen molar-refractivity contribution in [3.8, 4) is 0 Å². The second-order valence-electron chi connectivity index (χ2n) is 4.59. The molecular formula is C13H21N3O3S. The maximum absolute atomic E-state index is 12.2. The van der Waals surface area contributed by atoms with Crippen LogP contribution in [0.4, 0.5) is 0 Å². The van der Waals surface area contributed by atoms with Crippen LogP contribution < -0.4 is 10.0 Å². The number of sulfonamides is 1. The summed E-state index contributed by atoms with van der Waals surface area (Å²) >= 11 is 0. The Kier molecular flexibility index (Phi) is 6.12. The lowest BCUT2D eigenvalue weighted by atomic mass is 10.1. The van der Waals surface area contributed by atoms with Crippen molar-refractivity contribution < 1.29 is 13.2 Å². The molecule has 0 bridgehead atoms. The van der Waals surface area contributed by atoms with E-state index in [-0.39, 0.29) is 18.2 Å². The van der Waals surface area contributed by atoms with Crippen molar-refractivity contribution in [2.24, 2.45) is 0 Å². The van der Waals surface area contributed by atoms with Crippen LogP contribution in [0.25, 0.3) is 0 Å². The van der Waals surface area contributed by atoms with Gasteiger partial charge >= 0.3 is 0 Å². The molecule has 0 aliphatic rings. The van der Waals surface area contributed by atoms with Crippen molar-refractivity contribution in [3.63, 3.8) is 0 Å². The Morgan fingerprint density at radius 1 is 1.25 bits per heavy atom. The number of nitrogens with one attached hydrogen (secondary N) is 2. The van der Waals surface area contributed by atoms with Crippen LogP contribution in [0.5, 0.6) is 0 Å². The molecule has 112 valence electrons. The fraction of sp³-hybridized carbons (Fsp3) is 0.462. The molecule has 2 N–H and O–H groups in total. The molecule has 0 aliphatic heterocycles. The van der Waals surface area contributed by atoms with Crippen LogP contribution in [0.15, 0.2) is 30.3 Å². The molecule has 7 heteroatoms. The van der Waals surface area contributed by atoms with Gasteiger partial charge in [0.05, 0.1) is 5.75 Å². The molecule has 0 radical (unpaired) electrons. The molecule has 1 atom stereocenters. The Labute approximate surface area is 120 Å². The van der Waals surface area contributed by atoms with E-state index in [1.54, 1.807) is 4.90 Å². The molecule has 1 rings (SSSR count).